The molecule has 0 aliphatic carbocycles. The number of piperazine rings is 1. The molecule has 2 heterocycles. The van der Waals surface area contributed by atoms with Gasteiger partial charge in [-0.15, -0.1) is 0 Å². The Bertz CT molecular complexity index is 858. The maximum atomic E-state index is 14.0. The lowest BCUT2D eigenvalue weighted by Crippen LogP contribution is -2.71. The van der Waals surface area contributed by atoms with E-state index in [1.807, 2.05) is 35.2 Å². The minimum absolute atomic E-state index is 0.0700. The molecule has 2 fully saturated rings. The highest BCUT2D eigenvalue weighted by Gasteiger charge is 2.54. The molecule has 6 nitrogen and oxygen atoms in total. The van der Waals surface area contributed by atoms with Gasteiger partial charge >= 0.3 is 0 Å². The number of nitrogens with one attached hydrogen (secondary N) is 1. The zero-order valence-electron chi connectivity index (χ0n) is 15.3. The number of amides is 1. The summed E-state index contributed by atoms with van der Waals surface area (Å²) in [5.41, 5.74) is 12.5. The van der Waals surface area contributed by atoms with E-state index >= 15 is 0 Å². The van der Waals surface area contributed by atoms with Crippen LogP contribution in [0.25, 0.3) is 0 Å². The molecule has 148 valence electrons. The normalized spacial score (nSPS) is 25.4. The first-order chi connectivity index (χ1) is 13.4. The van der Waals surface area contributed by atoms with Crippen molar-refractivity contribution in [2.75, 3.05) is 19.6 Å². The Morgan fingerprint density at radius 1 is 1.14 bits per heavy atom. The molecule has 2 aliphatic rings. The van der Waals surface area contributed by atoms with E-state index in [-0.39, 0.29) is 25.2 Å². The number of rotatable bonds is 4. The van der Waals surface area contributed by atoms with Crippen molar-refractivity contribution < 1.29 is 13.6 Å². The second kappa shape index (κ2) is 7.21. The smallest absolute Gasteiger partial charge is 0.238 e. The summed E-state index contributed by atoms with van der Waals surface area (Å²) in [5.74, 6) is -1.48. The number of benzene rings is 2. The molecule has 5 N–H and O–H groups in total. The first kappa shape index (κ1) is 18.9. The fourth-order valence-corrected chi connectivity index (χ4v) is 4.34. The van der Waals surface area contributed by atoms with Crippen molar-refractivity contribution in [2.45, 2.75) is 24.4 Å². The quantitative estimate of drug-likeness (QED) is 0.672. The standard InChI is InChI=1S/C20H23F2N5O/c21-15-6-14(7-16(22)8-15)20(19(23)24)12-25-9-17-26(18(28)11-27(17)20)10-13-4-2-1-3-5-13/h1-8,17,19,25H,9-12,23-24H2/t17?,20-/m1/s1. The van der Waals surface area contributed by atoms with Crippen LogP contribution in [0.2, 0.25) is 0 Å². The van der Waals surface area contributed by atoms with Crippen molar-refractivity contribution in [3.63, 3.8) is 0 Å². The molecule has 0 saturated carbocycles. The number of carbonyl (C=O) groups is 1. The van der Waals surface area contributed by atoms with E-state index < -0.39 is 23.3 Å². The van der Waals surface area contributed by atoms with Gasteiger partial charge in [-0.3, -0.25) is 9.69 Å². The van der Waals surface area contributed by atoms with Gasteiger partial charge in [0.25, 0.3) is 0 Å². The maximum Gasteiger partial charge on any atom is 0.238 e. The highest BCUT2D eigenvalue weighted by atomic mass is 19.1. The van der Waals surface area contributed by atoms with Crippen LogP contribution in [0.15, 0.2) is 48.5 Å². The van der Waals surface area contributed by atoms with Crippen LogP contribution in [0.3, 0.4) is 0 Å². The van der Waals surface area contributed by atoms with Gasteiger partial charge in [0.15, 0.2) is 0 Å². The van der Waals surface area contributed by atoms with E-state index in [1.165, 1.54) is 12.1 Å². The first-order valence-corrected chi connectivity index (χ1v) is 9.20. The second-order valence-corrected chi connectivity index (χ2v) is 7.35. The molecule has 0 radical (unpaired) electrons. The molecule has 28 heavy (non-hydrogen) atoms. The molecule has 2 aliphatic heterocycles. The van der Waals surface area contributed by atoms with Crippen LogP contribution >= 0.6 is 0 Å². The lowest BCUT2D eigenvalue weighted by molar-refractivity contribution is -0.128. The highest BCUT2D eigenvalue weighted by Crippen LogP contribution is 2.38. The van der Waals surface area contributed by atoms with Crippen LogP contribution in [-0.2, 0) is 16.9 Å². The van der Waals surface area contributed by atoms with Gasteiger partial charge in [0, 0.05) is 25.7 Å². The van der Waals surface area contributed by atoms with E-state index in [1.54, 1.807) is 4.90 Å². The van der Waals surface area contributed by atoms with Crippen molar-refractivity contribution in [1.29, 1.82) is 0 Å². The molecule has 1 unspecified atom stereocenters. The summed E-state index contributed by atoms with van der Waals surface area (Å²) in [7, 11) is 0. The summed E-state index contributed by atoms with van der Waals surface area (Å²) in [6.07, 6.45) is -1.27. The number of nitrogens with zero attached hydrogens (tertiary/aromatic N) is 2. The number of hydrogen-bond donors (Lipinski definition) is 3. The third-order valence-electron chi connectivity index (χ3n) is 5.69. The third-order valence-corrected chi connectivity index (χ3v) is 5.69. The van der Waals surface area contributed by atoms with Crippen LogP contribution in [0.1, 0.15) is 11.1 Å². The number of nitrogens with two attached hydrogens (primary N) is 2. The number of hydrogen-bond acceptors (Lipinski definition) is 5. The van der Waals surface area contributed by atoms with Gasteiger partial charge in [-0.1, -0.05) is 30.3 Å². The highest BCUT2D eigenvalue weighted by molar-refractivity contribution is 5.81. The molecule has 4 rings (SSSR count). The van der Waals surface area contributed by atoms with Crippen molar-refractivity contribution in [1.82, 2.24) is 15.1 Å². The first-order valence-electron chi connectivity index (χ1n) is 9.20. The van der Waals surface area contributed by atoms with Crippen molar-refractivity contribution >= 4 is 5.91 Å². The van der Waals surface area contributed by atoms with Gasteiger partial charge in [0.05, 0.1) is 24.4 Å². The maximum absolute atomic E-state index is 14.0. The lowest BCUT2D eigenvalue weighted by Gasteiger charge is -2.51. The average molecular weight is 387 g/mol. The molecule has 1 amide bonds. The summed E-state index contributed by atoms with van der Waals surface area (Å²) >= 11 is 0. The van der Waals surface area contributed by atoms with Gasteiger partial charge in [0.2, 0.25) is 5.91 Å². The summed E-state index contributed by atoms with van der Waals surface area (Å²) < 4.78 is 27.9. The van der Waals surface area contributed by atoms with Crippen LogP contribution < -0.4 is 16.8 Å². The summed E-state index contributed by atoms with van der Waals surface area (Å²) in [6, 6.07) is 13.0. The third kappa shape index (κ3) is 3.08. The monoisotopic (exact) mass is 387 g/mol. The minimum atomic E-state index is -1.10. The zero-order valence-corrected chi connectivity index (χ0v) is 15.3. The van der Waals surface area contributed by atoms with Crippen LogP contribution in [-0.4, -0.2) is 47.7 Å². The Kier molecular flexibility index (Phi) is 4.88. The number of carbonyl (C=O) groups excluding carboxylic acids is 1. The SMILES string of the molecule is NC(N)[C@]1(c2cc(F)cc(F)c2)CNCC2N(Cc3ccccc3)C(=O)CN21. The molecule has 0 bridgehead atoms. The largest absolute Gasteiger partial charge is 0.320 e. The molecule has 8 heteroatoms. The van der Waals surface area contributed by atoms with Gasteiger partial charge in [-0.25, -0.2) is 8.78 Å². The average Bonchev–Trinajstić information content (AvgIpc) is 2.97. The van der Waals surface area contributed by atoms with Gasteiger partial charge < -0.3 is 21.7 Å². The minimum Gasteiger partial charge on any atom is -0.320 e. The van der Waals surface area contributed by atoms with Crippen LogP contribution in [0.5, 0.6) is 0 Å². The fraction of sp³-hybridized carbons (Fsp3) is 0.350. The van der Waals surface area contributed by atoms with Crippen molar-refractivity contribution in [3.05, 3.63) is 71.3 Å². The topological polar surface area (TPSA) is 87.6 Å². The molecular weight excluding hydrogens is 364 g/mol. The van der Waals surface area contributed by atoms with E-state index in [0.29, 0.717) is 18.7 Å². The van der Waals surface area contributed by atoms with Gasteiger partial charge in [-0.2, -0.15) is 0 Å². The van der Waals surface area contributed by atoms with Crippen molar-refractivity contribution in [2.24, 2.45) is 11.5 Å². The lowest BCUT2D eigenvalue weighted by atomic mass is 9.83. The summed E-state index contributed by atoms with van der Waals surface area (Å²) in [6.45, 7) is 1.33. The van der Waals surface area contributed by atoms with Crippen LogP contribution in [0, 0.1) is 11.6 Å². The van der Waals surface area contributed by atoms with Crippen molar-refractivity contribution in [3.8, 4) is 0 Å². The number of halogens is 2. The van der Waals surface area contributed by atoms with Gasteiger partial charge in [0.1, 0.15) is 11.6 Å². The van der Waals surface area contributed by atoms with E-state index in [0.717, 1.165) is 11.6 Å². The Hall–Kier alpha value is -2.39. The summed E-state index contributed by atoms with van der Waals surface area (Å²) in [4.78, 5) is 16.5. The molecule has 2 atom stereocenters. The Morgan fingerprint density at radius 2 is 1.82 bits per heavy atom. The predicted molar refractivity (Wildman–Crippen MR) is 101 cm³/mol. The molecule has 0 spiro atoms. The molecular formula is C20H23F2N5O. The van der Waals surface area contributed by atoms with E-state index in [9.17, 15) is 13.6 Å². The predicted octanol–water partition coefficient (Wildman–Crippen LogP) is 0.677. The molecule has 2 aromatic carbocycles. The van der Waals surface area contributed by atoms with E-state index in [2.05, 4.69) is 5.32 Å². The summed E-state index contributed by atoms with van der Waals surface area (Å²) in [5, 5.41) is 3.26. The molecule has 0 aromatic heterocycles. The Morgan fingerprint density at radius 3 is 2.46 bits per heavy atom. The Labute approximate surface area is 162 Å². The fourth-order valence-electron chi connectivity index (χ4n) is 4.34. The molecule has 2 saturated heterocycles. The number of fused-ring (bicyclic) bond motifs is 1. The molecule has 2 aromatic rings. The van der Waals surface area contributed by atoms with Gasteiger partial charge in [-0.05, 0) is 23.3 Å². The zero-order chi connectivity index (χ0) is 19.9. The van der Waals surface area contributed by atoms with E-state index in [4.69, 9.17) is 11.5 Å². The Balaban J connectivity index is 1.73. The van der Waals surface area contributed by atoms with Crippen LogP contribution in [0.4, 0.5) is 8.78 Å². The second-order valence-electron chi connectivity index (χ2n) is 7.35.